The van der Waals surface area contributed by atoms with E-state index in [1.54, 1.807) is 32.0 Å². The molecular weight excluding hydrogens is 548 g/mol. The Morgan fingerprint density at radius 3 is 2.58 bits per heavy atom. The van der Waals surface area contributed by atoms with Crippen LogP contribution in [-0.2, 0) is 0 Å². The minimum atomic E-state index is -4.31. The van der Waals surface area contributed by atoms with Gasteiger partial charge in [-0.15, -0.1) is 5.10 Å². The number of ether oxygens (including phenoxy) is 1. The van der Waals surface area contributed by atoms with Crippen LogP contribution in [0.25, 0.3) is 5.82 Å². The Hall–Kier alpha value is -3.35. The zero-order valence-electron chi connectivity index (χ0n) is 20.3. The summed E-state index contributed by atoms with van der Waals surface area (Å²) < 4.78 is 44.7. The fraction of sp³-hybridized carbons (Fsp3) is 0.333. The molecule has 3 heterocycles. The number of hydrogen-bond acceptors (Lipinski definition) is 6. The lowest BCUT2D eigenvalue weighted by atomic mass is 10.1. The van der Waals surface area contributed by atoms with Gasteiger partial charge in [0, 0.05) is 36.9 Å². The van der Waals surface area contributed by atoms with Crippen molar-refractivity contribution in [3.05, 3.63) is 63.4 Å². The molecule has 0 unspecified atom stereocenters. The van der Waals surface area contributed by atoms with E-state index in [0.717, 1.165) is 0 Å². The highest BCUT2D eigenvalue weighted by molar-refractivity contribution is 6.32. The van der Waals surface area contributed by atoms with Gasteiger partial charge >= 0.3 is 6.18 Å². The number of halogens is 5. The number of nitrogens with one attached hydrogen (secondary N) is 2. The summed E-state index contributed by atoms with van der Waals surface area (Å²) in [6.45, 7) is 2.89. The number of aryl methyl sites for hydroxylation is 1. The van der Waals surface area contributed by atoms with E-state index in [4.69, 9.17) is 27.9 Å². The number of rotatable bonds is 8. The minimum Gasteiger partial charge on any atom is -0.471 e. The summed E-state index contributed by atoms with van der Waals surface area (Å²) in [6, 6.07) is 7.55. The molecule has 1 aromatic carbocycles. The highest BCUT2D eigenvalue weighted by Crippen LogP contribution is 2.29. The third kappa shape index (κ3) is 6.37. The molecule has 1 aliphatic rings. The molecule has 2 amide bonds. The summed E-state index contributed by atoms with van der Waals surface area (Å²) in [5.74, 6) is -0.937. The number of amides is 2. The van der Waals surface area contributed by atoms with Crippen LogP contribution in [-0.4, -0.2) is 69.9 Å². The maximum absolute atomic E-state index is 13.5. The first-order chi connectivity index (χ1) is 17.9. The summed E-state index contributed by atoms with van der Waals surface area (Å²) in [5.41, 5.74) is 0.935. The second-order valence-corrected chi connectivity index (χ2v) is 9.44. The predicted octanol–water partition coefficient (Wildman–Crippen LogP) is 4.51. The Morgan fingerprint density at radius 1 is 1.18 bits per heavy atom. The molecule has 1 aliphatic heterocycles. The number of benzene rings is 1. The molecule has 0 bridgehead atoms. The smallest absolute Gasteiger partial charge is 0.401 e. The lowest BCUT2D eigenvalue weighted by Crippen LogP contribution is -2.56. The third-order valence-electron chi connectivity index (χ3n) is 5.59. The lowest BCUT2D eigenvalue weighted by molar-refractivity contribution is -0.162. The van der Waals surface area contributed by atoms with Crippen LogP contribution in [0.15, 0.2) is 36.5 Å². The summed E-state index contributed by atoms with van der Waals surface area (Å²) >= 11 is 12.4. The van der Waals surface area contributed by atoms with Crippen molar-refractivity contribution in [1.29, 1.82) is 0 Å². The van der Waals surface area contributed by atoms with Gasteiger partial charge in [-0.1, -0.05) is 23.2 Å². The second kappa shape index (κ2) is 11.2. The number of carbonyl (C=O) groups is 2. The Bertz CT molecular complexity index is 1360. The molecule has 3 aromatic rings. The molecule has 38 heavy (non-hydrogen) atoms. The van der Waals surface area contributed by atoms with E-state index in [1.165, 1.54) is 27.9 Å². The van der Waals surface area contributed by atoms with E-state index in [9.17, 15) is 22.8 Å². The number of aromatic nitrogens is 3. The van der Waals surface area contributed by atoms with Crippen molar-refractivity contribution in [2.45, 2.75) is 26.1 Å². The average molecular weight is 571 g/mol. The molecule has 9 nitrogen and oxygen atoms in total. The van der Waals surface area contributed by atoms with Gasteiger partial charge in [-0.25, -0.2) is 9.67 Å². The summed E-state index contributed by atoms with van der Waals surface area (Å²) in [7, 11) is 0. The summed E-state index contributed by atoms with van der Waals surface area (Å²) in [5, 5.41) is 10.2. The standard InChI is InChI=1S/C24H23Cl2F3N6O3/c1-3-30-22(36)16-8-14(25)7-13(2)20(16)32-23(37)18-9-19(33-35(18)21-17(26)5-4-6-31-21)38-15-10-34(11-15)12-24(27,28)29/h4-9,15H,3,10-12H2,1-2H3,(H,30,36)(H,32,37). The maximum atomic E-state index is 13.5. The largest absolute Gasteiger partial charge is 0.471 e. The number of carbonyl (C=O) groups excluding carboxylic acids is 2. The van der Waals surface area contributed by atoms with Gasteiger partial charge < -0.3 is 15.4 Å². The van der Waals surface area contributed by atoms with Crippen LogP contribution in [0.4, 0.5) is 18.9 Å². The molecule has 0 saturated carbocycles. The number of likely N-dealkylation sites (tertiary alicyclic amines) is 1. The van der Waals surface area contributed by atoms with Crippen LogP contribution in [0.2, 0.25) is 10.0 Å². The molecule has 2 N–H and O–H groups in total. The van der Waals surface area contributed by atoms with Gasteiger partial charge in [0.05, 0.1) is 22.8 Å². The molecule has 1 saturated heterocycles. The minimum absolute atomic E-state index is 0.00491. The van der Waals surface area contributed by atoms with Gasteiger partial charge in [-0.05, 0) is 43.7 Å². The third-order valence-corrected chi connectivity index (χ3v) is 6.11. The first-order valence-electron chi connectivity index (χ1n) is 11.5. The Kier molecular flexibility index (Phi) is 8.14. The van der Waals surface area contributed by atoms with Crippen LogP contribution in [0.5, 0.6) is 5.88 Å². The molecule has 0 aliphatic carbocycles. The maximum Gasteiger partial charge on any atom is 0.401 e. The van der Waals surface area contributed by atoms with Crippen molar-refractivity contribution < 1.29 is 27.5 Å². The number of hydrogen-bond donors (Lipinski definition) is 2. The van der Waals surface area contributed by atoms with E-state index >= 15 is 0 Å². The second-order valence-electron chi connectivity index (χ2n) is 8.60. The van der Waals surface area contributed by atoms with Gasteiger partial charge in [0.1, 0.15) is 11.8 Å². The fourth-order valence-corrected chi connectivity index (χ4v) is 4.42. The zero-order valence-corrected chi connectivity index (χ0v) is 21.8. The lowest BCUT2D eigenvalue weighted by Gasteiger charge is -2.38. The molecular formula is C24H23Cl2F3N6O3. The molecule has 0 atom stereocenters. The van der Waals surface area contributed by atoms with Crippen LogP contribution in [0.3, 0.4) is 0 Å². The van der Waals surface area contributed by atoms with E-state index < -0.39 is 30.6 Å². The van der Waals surface area contributed by atoms with E-state index in [1.807, 2.05) is 0 Å². The Labute approximate surface area is 225 Å². The quantitative estimate of drug-likeness (QED) is 0.413. The summed E-state index contributed by atoms with van der Waals surface area (Å²) in [6.07, 6.45) is -3.39. The van der Waals surface area contributed by atoms with Crippen molar-refractivity contribution >= 4 is 40.7 Å². The number of anilines is 1. The van der Waals surface area contributed by atoms with Crippen LogP contribution < -0.4 is 15.4 Å². The Balaban J connectivity index is 1.63. The molecule has 14 heteroatoms. The van der Waals surface area contributed by atoms with Crippen molar-refractivity contribution in [2.24, 2.45) is 0 Å². The normalized spacial score (nSPS) is 14.2. The molecule has 202 valence electrons. The summed E-state index contributed by atoms with van der Waals surface area (Å²) in [4.78, 5) is 31.5. The van der Waals surface area contributed by atoms with E-state index in [2.05, 4.69) is 20.7 Å². The van der Waals surface area contributed by atoms with Gasteiger partial charge in [-0.2, -0.15) is 13.2 Å². The van der Waals surface area contributed by atoms with E-state index in [0.29, 0.717) is 17.1 Å². The Morgan fingerprint density at radius 2 is 1.92 bits per heavy atom. The van der Waals surface area contributed by atoms with Gasteiger partial charge in [0.2, 0.25) is 5.88 Å². The van der Waals surface area contributed by atoms with Crippen LogP contribution >= 0.6 is 23.2 Å². The van der Waals surface area contributed by atoms with E-state index in [-0.39, 0.29) is 46.8 Å². The van der Waals surface area contributed by atoms with Gasteiger partial charge in [0.15, 0.2) is 5.82 Å². The predicted molar refractivity (Wildman–Crippen MR) is 135 cm³/mol. The first kappa shape index (κ1) is 27.7. The van der Waals surface area contributed by atoms with Crippen molar-refractivity contribution in [1.82, 2.24) is 25.0 Å². The molecule has 1 fully saturated rings. The number of alkyl halides is 3. The van der Waals surface area contributed by atoms with Crippen molar-refractivity contribution in [3.8, 4) is 11.7 Å². The van der Waals surface area contributed by atoms with Crippen LogP contribution in [0, 0.1) is 6.92 Å². The average Bonchev–Trinajstić information content (AvgIpc) is 3.22. The van der Waals surface area contributed by atoms with Gasteiger partial charge in [-0.3, -0.25) is 14.5 Å². The fourth-order valence-electron chi connectivity index (χ4n) is 3.95. The zero-order chi connectivity index (χ0) is 27.6. The monoisotopic (exact) mass is 570 g/mol. The van der Waals surface area contributed by atoms with Crippen molar-refractivity contribution in [2.75, 3.05) is 31.5 Å². The topological polar surface area (TPSA) is 101 Å². The molecule has 0 spiro atoms. The highest BCUT2D eigenvalue weighted by Gasteiger charge is 2.38. The molecule has 0 radical (unpaired) electrons. The number of pyridine rings is 1. The molecule has 4 rings (SSSR count). The van der Waals surface area contributed by atoms with Crippen molar-refractivity contribution in [3.63, 3.8) is 0 Å². The van der Waals surface area contributed by atoms with Crippen LogP contribution in [0.1, 0.15) is 33.3 Å². The molecule has 2 aromatic heterocycles. The highest BCUT2D eigenvalue weighted by atomic mass is 35.5. The SMILES string of the molecule is CCNC(=O)c1cc(Cl)cc(C)c1NC(=O)c1cc(OC2CN(CC(F)(F)F)C2)nn1-c1ncccc1Cl. The number of nitrogens with zero attached hydrogens (tertiary/aromatic N) is 4. The van der Waals surface area contributed by atoms with Gasteiger partial charge in [0.25, 0.3) is 11.8 Å². The first-order valence-corrected chi connectivity index (χ1v) is 12.3.